The van der Waals surface area contributed by atoms with Crippen molar-refractivity contribution in [3.63, 3.8) is 0 Å². The molecule has 24 heavy (non-hydrogen) atoms. The average Bonchev–Trinajstić information content (AvgIpc) is 3.05. The zero-order valence-electron chi connectivity index (χ0n) is 12.9. The van der Waals surface area contributed by atoms with Gasteiger partial charge in [-0.25, -0.2) is 4.98 Å². The molecule has 0 atom stereocenters. The molecule has 0 N–H and O–H groups in total. The highest BCUT2D eigenvalue weighted by Crippen LogP contribution is 2.31. The summed E-state index contributed by atoms with van der Waals surface area (Å²) in [5.41, 5.74) is 3.41. The first kappa shape index (κ1) is 14.4. The van der Waals surface area contributed by atoms with E-state index < -0.39 is 4.92 Å². The van der Waals surface area contributed by atoms with E-state index in [2.05, 4.69) is 27.8 Å². The number of aromatic nitrogens is 2. The van der Waals surface area contributed by atoms with Crippen molar-refractivity contribution in [1.82, 2.24) is 9.55 Å². The van der Waals surface area contributed by atoms with Crippen molar-refractivity contribution < 1.29 is 4.92 Å². The third-order valence-corrected chi connectivity index (χ3v) is 4.20. The van der Waals surface area contributed by atoms with Crippen LogP contribution < -0.4 is 0 Å². The zero-order valence-corrected chi connectivity index (χ0v) is 12.9. The molecule has 1 aliphatic rings. The van der Waals surface area contributed by atoms with Crippen molar-refractivity contribution in [3.05, 3.63) is 77.1 Å². The Morgan fingerprint density at radius 2 is 2.08 bits per heavy atom. The van der Waals surface area contributed by atoms with Gasteiger partial charge in [0, 0.05) is 35.1 Å². The molecule has 1 aromatic carbocycles. The summed E-state index contributed by atoms with van der Waals surface area (Å²) >= 11 is 0. The van der Waals surface area contributed by atoms with Crippen molar-refractivity contribution in [2.45, 2.75) is 12.8 Å². The van der Waals surface area contributed by atoms with Crippen LogP contribution in [0.1, 0.15) is 12.8 Å². The molecule has 0 aliphatic heterocycles. The Balaban J connectivity index is 1.82. The largest absolute Gasteiger partial charge is 0.317 e. The fourth-order valence-electron chi connectivity index (χ4n) is 3.06. The minimum absolute atomic E-state index is 0.0224. The van der Waals surface area contributed by atoms with Crippen molar-refractivity contribution >= 4 is 22.3 Å². The number of pyridine rings is 1. The van der Waals surface area contributed by atoms with Gasteiger partial charge in [-0.3, -0.25) is 10.1 Å². The van der Waals surface area contributed by atoms with Gasteiger partial charge in [0.25, 0.3) is 5.69 Å². The summed E-state index contributed by atoms with van der Waals surface area (Å²) in [4.78, 5) is 15.0. The number of rotatable bonds is 3. The smallest absolute Gasteiger partial charge is 0.295 e. The minimum Gasteiger partial charge on any atom is -0.317 e. The maximum absolute atomic E-state index is 11.2. The number of benzene rings is 1. The summed E-state index contributed by atoms with van der Waals surface area (Å²) in [6.07, 6.45) is 12.3. The lowest BCUT2D eigenvalue weighted by atomic mass is 10.1. The Morgan fingerprint density at radius 3 is 2.88 bits per heavy atom. The van der Waals surface area contributed by atoms with Crippen molar-refractivity contribution in [2.24, 2.45) is 0 Å². The number of hydrogen-bond donors (Lipinski definition) is 0. The van der Waals surface area contributed by atoms with Gasteiger partial charge in [0.15, 0.2) is 0 Å². The fraction of sp³-hybridized carbons (Fsp3) is 0.105. The van der Waals surface area contributed by atoms with Crippen LogP contribution >= 0.6 is 0 Å². The zero-order chi connectivity index (χ0) is 16.5. The van der Waals surface area contributed by atoms with Gasteiger partial charge < -0.3 is 4.57 Å². The van der Waals surface area contributed by atoms with Crippen LogP contribution in [-0.4, -0.2) is 14.5 Å². The van der Waals surface area contributed by atoms with Crippen molar-refractivity contribution in [1.29, 1.82) is 0 Å². The van der Waals surface area contributed by atoms with Crippen LogP contribution in [0.2, 0.25) is 0 Å². The second kappa shape index (κ2) is 5.77. The maximum Gasteiger partial charge on any atom is 0.295 e. The van der Waals surface area contributed by atoms with E-state index in [1.54, 1.807) is 12.3 Å². The molecular formula is C19H15N3O2. The standard InChI is InChI=1S/C19H15N3O2/c23-22(24)18-7-4-11-20-19(18)15-8-9-17-14(13-15)10-12-21(17)16-5-2-1-3-6-16/h2,4-13H,1,3H2. The predicted octanol–water partition coefficient (Wildman–Crippen LogP) is 4.80. The molecule has 2 heterocycles. The first-order valence-corrected chi connectivity index (χ1v) is 7.82. The second-order valence-electron chi connectivity index (χ2n) is 5.70. The van der Waals surface area contributed by atoms with Crippen molar-refractivity contribution in [2.75, 3.05) is 0 Å². The van der Waals surface area contributed by atoms with E-state index >= 15 is 0 Å². The Kier molecular flexibility index (Phi) is 3.46. The SMILES string of the molecule is O=[N+]([O-])c1cccnc1-c1ccc2c(ccn2C2=CCCC=C2)c1. The summed E-state index contributed by atoms with van der Waals surface area (Å²) in [6, 6.07) is 10.9. The van der Waals surface area contributed by atoms with Crippen LogP contribution in [0.3, 0.4) is 0 Å². The molecule has 118 valence electrons. The monoisotopic (exact) mass is 317 g/mol. The van der Waals surface area contributed by atoms with Gasteiger partial charge in [-0.2, -0.15) is 0 Å². The summed E-state index contributed by atoms with van der Waals surface area (Å²) < 4.78 is 2.14. The Labute approximate surface area is 138 Å². The van der Waals surface area contributed by atoms with Crippen LogP contribution in [0.25, 0.3) is 27.9 Å². The fourth-order valence-corrected chi connectivity index (χ4v) is 3.06. The molecule has 1 aliphatic carbocycles. The number of nitro groups is 1. The third-order valence-electron chi connectivity index (χ3n) is 4.20. The minimum atomic E-state index is -0.394. The van der Waals surface area contributed by atoms with Crippen LogP contribution in [0.15, 0.2) is 67.0 Å². The number of allylic oxidation sites excluding steroid dienone is 4. The molecule has 0 unspecified atom stereocenters. The lowest BCUT2D eigenvalue weighted by molar-refractivity contribution is -0.384. The first-order valence-electron chi connectivity index (χ1n) is 7.82. The van der Waals surface area contributed by atoms with Gasteiger partial charge >= 0.3 is 0 Å². The summed E-state index contributed by atoms with van der Waals surface area (Å²) in [7, 11) is 0. The normalized spacial score (nSPS) is 13.9. The van der Waals surface area contributed by atoms with Gasteiger partial charge in [0.05, 0.1) is 10.4 Å². The molecule has 5 heteroatoms. The highest BCUT2D eigenvalue weighted by molar-refractivity contribution is 5.89. The molecule has 0 saturated carbocycles. The maximum atomic E-state index is 11.2. The number of hydrogen-bond acceptors (Lipinski definition) is 3. The highest BCUT2D eigenvalue weighted by Gasteiger charge is 2.16. The molecule has 0 bridgehead atoms. The van der Waals surface area contributed by atoms with Crippen LogP contribution in [0.5, 0.6) is 0 Å². The Morgan fingerprint density at radius 1 is 1.17 bits per heavy atom. The van der Waals surface area contributed by atoms with Crippen molar-refractivity contribution in [3.8, 4) is 11.3 Å². The van der Waals surface area contributed by atoms with Gasteiger partial charge in [-0.15, -0.1) is 0 Å². The molecule has 5 nitrogen and oxygen atoms in total. The van der Waals surface area contributed by atoms with Gasteiger partial charge in [-0.05, 0) is 43.2 Å². The van der Waals surface area contributed by atoms with E-state index in [0.717, 1.165) is 35.0 Å². The predicted molar refractivity (Wildman–Crippen MR) is 94.5 cm³/mol. The highest BCUT2D eigenvalue weighted by atomic mass is 16.6. The average molecular weight is 317 g/mol. The van der Waals surface area contributed by atoms with E-state index in [0.29, 0.717) is 5.69 Å². The third kappa shape index (κ3) is 2.40. The topological polar surface area (TPSA) is 61.0 Å². The molecule has 0 amide bonds. The number of nitrogens with zero attached hydrogens (tertiary/aromatic N) is 3. The molecule has 3 aromatic rings. The van der Waals surface area contributed by atoms with Crippen LogP contribution in [-0.2, 0) is 0 Å². The molecule has 4 rings (SSSR count). The Hall–Kier alpha value is -3.21. The van der Waals surface area contributed by atoms with E-state index in [1.807, 2.05) is 30.5 Å². The molecule has 0 saturated heterocycles. The first-order chi connectivity index (χ1) is 11.7. The van der Waals surface area contributed by atoms with E-state index in [9.17, 15) is 10.1 Å². The summed E-state index contributed by atoms with van der Waals surface area (Å²) in [5, 5.41) is 12.3. The van der Waals surface area contributed by atoms with E-state index in [-0.39, 0.29) is 5.69 Å². The molecular weight excluding hydrogens is 302 g/mol. The second-order valence-corrected chi connectivity index (χ2v) is 5.70. The molecule has 0 radical (unpaired) electrons. The van der Waals surface area contributed by atoms with Gasteiger partial charge in [0.2, 0.25) is 0 Å². The van der Waals surface area contributed by atoms with E-state index in [1.165, 1.54) is 6.07 Å². The molecule has 0 fully saturated rings. The molecule has 2 aromatic heterocycles. The van der Waals surface area contributed by atoms with Crippen LogP contribution in [0.4, 0.5) is 5.69 Å². The lowest BCUT2D eigenvalue weighted by Crippen LogP contribution is -1.96. The van der Waals surface area contributed by atoms with Crippen LogP contribution in [0, 0.1) is 10.1 Å². The molecule has 0 spiro atoms. The summed E-state index contributed by atoms with van der Waals surface area (Å²) in [6.45, 7) is 0. The lowest BCUT2D eigenvalue weighted by Gasteiger charge is -2.10. The van der Waals surface area contributed by atoms with Gasteiger partial charge in [0.1, 0.15) is 5.69 Å². The Bertz CT molecular complexity index is 999. The summed E-state index contributed by atoms with van der Waals surface area (Å²) in [5.74, 6) is 0. The van der Waals surface area contributed by atoms with Gasteiger partial charge in [-0.1, -0.05) is 18.2 Å². The van der Waals surface area contributed by atoms with E-state index in [4.69, 9.17) is 0 Å². The number of fused-ring (bicyclic) bond motifs is 1. The quantitative estimate of drug-likeness (QED) is 0.515.